The molecule has 1 heterocycles. The minimum Gasteiger partial charge on any atom is -0.125 e. The van der Waals surface area contributed by atoms with Crippen molar-refractivity contribution in [3.63, 3.8) is 0 Å². The third-order valence-electron chi connectivity index (χ3n) is 1.12. The summed E-state index contributed by atoms with van der Waals surface area (Å²) in [7, 11) is 0. The van der Waals surface area contributed by atoms with Gasteiger partial charge in [-0.25, -0.2) is 0 Å². The highest BCUT2D eigenvalue weighted by Crippen LogP contribution is 2.17. The van der Waals surface area contributed by atoms with E-state index in [1.165, 1.54) is 3.82 Å². The van der Waals surface area contributed by atoms with E-state index in [9.17, 15) is 0 Å². The second kappa shape index (κ2) is 2.89. The summed E-state index contributed by atoms with van der Waals surface area (Å²) >= 11 is 3.07. The highest BCUT2D eigenvalue weighted by atomic mass is 79.9. The van der Waals surface area contributed by atoms with Crippen LogP contribution in [0.5, 0.6) is 0 Å². The van der Waals surface area contributed by atoms with Crippen molar-refractivity contribution in [3.05, 3.63) is 5.82 Å². The molecule has 0 bridgehead atoms. The normalized spacial score (nSPS) is 12.0. The molecule has 1 aromatic heterocycles. The zero-order chi connectivity index (χ0) is 8.48. The van der Waals surface area contributed by atoms with Gasteiger partial charge < -0.3 is 0 Å². The molecule has 0 unspecified atom stereocenters. The highest BCUT2D eigenvalue weighted by molar-refractivity contribution is 9.08. The Morgan fingerprint density at radius 3 is 2.45 bits per heavy atom. The fraction of sp³-hybridized carbons (Fsp3) is 0.833. The predicted octanol–water partition coefficient (Wildman–Crippen LogP) is 1.42. The summed E-state index contributed by atoms with van der Waals surface area (Å²) in [5.74, 6) is 0.773. The van der Waals surface area contributed by atoms with Gasteiger partial charge in [0.25, 0.3) is 0 Å². The van der Waals surface area contributed by atoms with Crippen molar-refractivity contribution in [1.29, 1.82) is 0 Å². The number of aromatic nitrogens is 4. The number of hydrogen-bond donors (Lipinski definition) is 0. The first-order chi connectivity index (χ1) is 4.97. The van der Waals surface area contributed by atoms with E-state index in [0.717, 1.165) is 12.2 Å². The molecule has 0 atom stereocenters. The molecule has 0 saturated heterocycles. The van der Waals surface area contributed by atoms with Gasteiger partial charge in [-0.3, -0.25) is 0 Å². The largest absolute Gasteiger partial charge is 0.176 e. The summed E-state index contributed by atoms with van der Waals surface area (Å²) in [6, 6.07) is 0. The molecule has 62 valence electrons. The molecule has 0 N–H and O–H groups in total. The quantitative estimate of drug-likeness (QED) is 0.717. The maximum Gasteiger partial charge on any atom is 0.176 e. The molecular formula is C6H11BrN4. The first-order valence-electron chi connectivity index (χ1n) is 3.42. The molecule has 0 aromatic carbocycles. The summed E-state index contributed by atoms with van der Waals surface area (Å²) in [5.41, 5.74) is 0.218. The summed E-state index contributed by atoms with van der Waals surface area (Å²) in [6.45, 7) is 6.42. The summed E-state index contributed by atoms with van der Waals surface area (Å²) < 4.78 is 1.30. The number of hydrogen-bond acceptors (Lipinski definition) is 3. The monoisotopic (exact) mass is 218 g/mol. The standard InChI is InChI=1S/C6H11BrN4/c1-6(2,3)4-5-8-10-11(7)9-5/h4H2,1-3H3. The molecular weight excluding hydrogens is 208 g/mol. The van der Waals surface area contributed by atoms with Crippen LogP contribution in [-0.4, -0.2) is 19.2 Å². The molecule has 4 nitrogen and oxygen atoms in total. The number of halogens is 1. The lowest BCUT2D eigenvalue weighted by Gasteiger charge is -2.14. The molecule has 0 radical (unpaired) electrons. The van der Waals surface area contributed by atoms with Crippen molar-refractivity contribution in [2.45, 2.75) is 27.2 Å². The van der Waals surface area contributed by atoms with Gasteiger partial charge in [-0.05, 0) is 10.6 Å². The second-order valence-corrected chi connectivity index (χ2v) is 4.32. The van der Waals surface area contributed by atoms with Crippen LogP contribution in [0, 0.1) is 5.41 Å². The first-order valence-corrected chi connectivity index (χ1v) is 4.13. The smallest absolute Gasteiger partial charge is 0.125 e. The molecule has 0 aliphatic carbocycles. The molecule has 0 fully saturated rings. The Hall–Kier alpha value is -0.450. The SMILES string of the molecule is CC(C)(C)Cc1nnn(Br)n1. The lowest BCUT2D eigenvalue weighted by molar-refractivity contribution is 0.400. The van der Waals surface area contributed by atoms with E-state index < -0.39 is 0 Å². The molecule has 1 aromatic rings. The lowest BCUT2D eigenvalue weighted by atomic mass is 9.92. The third kappa shape index (κ3) is 2.96. The van der Waals surface area contributed by atoms with Gasteiger partial charge in [0.2, 0.25) is 0 Å². The van der Waals surface area contributed by atoms with E-state index in [2.05, 4.69) is 52.3 Å². The van der Waals surface area contributed by atoms with Crippen molar-refractivity contribution in [2.75, 3.05) is 0 Å². The van der Waals surface area contributed by atoms with Crippen LogP contribution in [0.3, 0.4) is 0 Å². The number of tetrazole rings is 1. The van der Waals surface area contributed by atoms with Crippen molar-refractivity contribution in [1.82, 2.24) is 19.2 Å². The second-order valence-electron chi connectivity index (χ2n) is 3.68. The van der Waals surface area contributed by atoms with Gasteiger partial charge in [-0.1, -0.05) is 24.6 Å². The Morgan fingerprint density at radius 2 is 2.09 bits per heavy atom. The van der Waals surface area contributed by atoms with Gasteiger partial charge in [-0.15, -0.1) is 10.2 Å². The van der Waals surface area contributed by atoms with Gasteiger partial charge >= 0.3 is 0 Å². The van der Waals surface area contributed by atoms with Crippen LogP contribution in [0.4, 0.5) is 0 Å². The van der Waals surface area contributed by atoms with Crippen LogP contribution in [0.2, 0.25) is 0 Å². The van der Waals surface area contributed by atoms with E-state index in [1.54, 1.807) is 0 Å². The molecule has 0 amide bonds. The molecule has 0 saturated carbocycles. The van der Waals surface area contributed by atoms with E-state index in [1.807, 2.05) is 0 Å². The molecule has 1 rings (SSSR count). The summed E-state index contributed by atoms with van der Waals surface area (Å²) in [4.78, 5) is 0. The maximum atomic E-state index is 4.01. The highest BCUT2D eigenvalue weighted by Gasteiger charge is 2.14. The molecule has 0 spiro atoms. The van der Waals surface area contributed by atoms with E-state index >= 15 is 0 Å². The minimum atomic E-state index is 0.218. The first kappa shape index (κ1) is 8.64. The van der Waals surface area contributed by atoms with Gasteiger partial charge in [0.15, 0.2) is 5.82 Å². The Bertz CT molecular complexity index is 237. The lowest BCUT2D eigenvalue weighted by Crippen LogP contribution is -2.10. The Morgan fingerprint density at radius 1 is 1.45 bits per heavy atom. The van der Waals surface area contributed by atoms with Crippen molar-refractivity contribution in [3.8, 4) is 0 Å². The van der Waals surface area contributed by atoms with Crippen LogP contribution in [0.1, 0.15) is 26.6 Å². The van der Waals surface area contributed by atoms with Crippen molar-refractivity contribution < 1.29 is 0 Å². The zero-order valence-corrected chi connectivity index (χ0v) is 8.46. The molecule has 5 heteroatoms. The number of nitrogens with zero attached hydrogens (tertiary/aromatic N) is 4. The Labute approximate surface area is 74.3 Å². The molecule has 11 heavy (non-hydrogen) atoms. The summed E-state index contributed by atoms with van der Waals surface area (Å²) in [5, 5.41) is 11.5. The maximum absolute atomic E-state index is 4.01. The number of rotatable bonds is 1. The van der Waals surface area contributed by atoms with Crippen LogP contribution in [0.25, 0.3) is 0 Å². The van der Waals surface area contributed by atoms with Gasteiger partial charge in [0.1, 0.15) is 16.1 Å². The van der Waals surface area contributed by atoms with Crippen LogP contribution in [0.15, 0.2) is 0 Å². The van der Waals surface area contributed by atoms with E-state index in [-0.39, 0.29) is 5.41 Å². The zero-order valence-electron chi connectivity index (χ0n) is 6.87. The van der Waals surface area contributed by atoms with Gasteiger partial charge in [0, 0.05) is 6.42 Å². The Balaban J connectivity index is 2.65. The fourth-order valence-electron chi connectivity index (χ4n) is 0.769. The average molecular weight is 219 g/mol. The Kier molecular flexibility index (Phi) is 2.27. The molecule has 0 aliphatic rings. The third-order valence-corrected chi connectivity index (χ3v) is 1.42. The van der Waals surface area contributed by atoms with Crippen LogP contribution >= 0.6 is 16.1 Å². The van der Waals surface area contributed by atoms with Crippen molar-refractivity contribution >= 4 is 16.1 Å². The van der Waals surface area contributed by atoms with Gasteiger partial charge in [0.05, 0.1) is 0 Å². The van der Waals surface area contributed by atoms with E-state index in [4.69, 9.17) is 0 Å². The predicted molar refractivity (Wildman–Crippen MR) is 45.3 cm³/mol. The van der Waals surface area contributed by atoms with Gasteiger partial charge in [-0.2, -0.15) is 0 Å². The average Bonchev–Trinajstić information content (AvgIpc) is 2.10. The minimum absolute atomic E-state index is 0.218. The fourth-order valence-corrected chi connectivity index (χ4v) is 1.02. The van der Waals surface area contributed by atoms with Crippen LogP contribution < -0.4 is 0 Å². The van der Waals surface area contributed by atoms with E-state index in [0.29, 0.717) is 0 Å². The topological polar surface area (TPSA) is 43.6 Å². The van der Waals surface area contributed by atoms with Crippen LogP contribution in [-0.2, 0) is 6.42 Å². The molecule has 0 aliphatic heterocycles. The van der Waals surface area contributed by atoms with Crippen molar-refractivity contribution in [2.24, 2.45) is 5.41 Å². The summed E-state index contributed by atoms with van der Waals surface area (Å²) in [6.07, 6.45) is 0.846.